The molecule has 1 atom stereocenters. The smallest absolute Gasteiger partial charge is 0.416 e. The lowest BCUT2D eigenvalue weighted by atomic mass is 9.66. The van der Waals surface area contributed by atoms with Crippen molar-refractivity contribution in [3.63, 3.8) is 0 Å². The van der Waals surface area contributed by atoms with Crippen LogP contribution in [0, 0.1) is 12.8 Å². The van der Waals surface area contributed by atoms with Gasteiger partial charge in [-0.3, -0.25) is 4.68 Å². The maximum absolute atomic E-state index is 13.0. The van der Waals surface area contributed by atoms with E-state index in [1.54, 1.807) is 0 Å². The molecule has 0 unspecified atom stereocenters. The van der Waals surface area contributed by atoms with Crippen LogP contribution >= 0.6 is 0 Å². The number of hydrogen-bond donors (Lipinski definition) is 1. The van der Waals surface area contributed by atoms with E-state index in [4.69, 9.17) is 4.74 Å². The van der Waals surface area contributed by atoms with Gasteiger partial charge >= 0.3 is 6.18 Å². The molecule has 4 heterocycles. The Bertz CT molecular complexity index is 1090. The van der Waals surface area contributed by atoms with Gasteiger partial charge in [-0.15, -0.1) is 0 Å². The van der Waals surface area contributed by atoms with Crippen molar-refractivity contribution in [1.82, 2.24) is 19.7 Å². The molecule has 2 aliphatic heterocycles. The van der Waals surface area contributed by atoms with E-state index in [1.807, 2.05) is 10.9 Å². The molecule has 2 aromatic heterocycles. The molecule has 1 saturated carbocycles. The summed E-state index contributed by atoms with van der Waals surface area (Å²) in [5, 5.41) is 14.8. The molecule has 0 spiro atoms. The first-order valence-electron chi connectivity index (χ1n) is 9.40. The van der Waals surface area contributed by atoms with Gasteiger partial charge in [-0.2, -0.15) is 18.3 Å². The number of aryl methyl sites for hydroxylation is 1. The highest BCUT2D eigenvalue weighted by Crippen LogP contribution is 2.51. The SMILES string of the molecule is Cc1cc(C(F)(F)F)cc(O)c1-c1cnc2cn([C@H]3COC4(C)CC3C4)nc2n1. The molecule has 2 bridgehead atoms. The van der Waals surface area contributed by atoms with Crippen molar-refractivity contribution in [1.29, 1.82) is 0 Å². The molecule has 3 aliphatic rings. The molecule has 0 amide bonds. The Balaban J connectivity index is 1.51. The molecule has 6 nitrogen and oxygen atoms in total. The van der Waals surface area contributed by atoms with Crippen molar-refractivity contribution in [2.75, 3.05) is 6.61 Å². The number of phenols is 1. The predicted molar refractivity (Wildman–Crippen MR) is 98.3 cm³/mol. The number of benzene rings is 1. The maximum Gasteiger partial charge on any atom is 0.416 e. The molecule has 3 fully saturated rings. The van der Waals surface area contributed by atoms with Gasteiger partial charge in [0.2, 0.25) is 0 Å². The molecule has 6 rings (SSSR count). The second-order valence-corrected chi connectivity index (χ2v) is 8.25. The molecule has 152 valence electrons. The van der Waals surface area contributed by atoms with Crippen LogP contribution in [-0.2, 0) is 10.9 Å². The number of aromatic hydroxyl groups is 1. The molecule has 0 radical (unpaired) electrons. The van der Waals surface area contributed by atoms with E-state index < -0.39 is 17.5 Å². The van der Waals surface area contributed by atoms with Gasteiger partial charge in [-0.25, -0.2) is 9.97 Å². The first-order valence-corrected chi connectivity index (χ1v) is 9.40. The van der Waals surface area contributed by atoms with Gasteiger partial charge in [0.25, 0.3) is 0 Å². The van der Waals surface area contributed by atoms with Crippen LogP contribution in [0.3, 0.4) is 0 Å². The average molecular weight is 404 g/mol. The summed E-state index contributed by atoms with van der Waals surface area (Å²) in [6.07, 6.45) is 0.730. The predicted octanol–water partition coefficient (Wildman–Crippen LogP) is 4.27. The maximum atomic E-state index is 13.0. The largest absolute Gasteiger partial charge is 0.507 e. The van der Waals surface area contributed by atoms with E-state index >= 15 is 0 Å². The molecule has 1 aromatic carbocycles. The summed E-state index contributed by atoms with van der Waals surface area (Å²) in [5.41, 5.74) is 0.827. The number of hydrogen-bond acceptors (Lipinski definition) is 5. The molecule has 29 heavy (non-hydrogen) atoms. The lowest BCUT2D eigenvalue weighted by Gasteiger charge is -2.53. The van der Waals surface area contributed by atoms with Crippen molar-refractivity contribution in [2.45, 2.75) is 44.5 Å². The molecule has 1 aliphatic carbocycles. The van der Waals surface area contributed by atoms with Crippen LogP contribution in [0.4, 0.5) is 13.2 Å². The number of alkyl halides is 3. The number of ether oxygens (including phenoxy) is 1. The number of fused-ring (bicyclic) bond motifs is 3. The number of nitrogens with zero attached hydrogens (tertiary/aromatic N) is 4. The van der Waals surface area contributed by atoms with Crippen LogP contribution in [0.25, 0.3) is 22.4 Å². The van der Waals surface area contributed by atoms with Crippen LogP contribution in [0.2, 0.25) is 0 Å². The number of rotatable bonds is 2. The van der Waals surface area contributed by atoms with Crippen LogP contribution in [0.1, 0.15) is 36.9 Å². The van der Waals surface area contributed by atoms with Gasteiger partial charge in [-0.05, 0) is 50.3 Å². The third-order valence-corrected chi connectivity index (χ3v) is 6.02. The fourth-order valence-corrected chi connectivity index (χ4v) is 4.53. The van der Waals surface area contributed by atoms with Gasteiger partial charge in [-0.1, -0.05) is 0 Å². The summed E-state index contributed by atoms with van der Waals surface area (Å²) in [6, 6.07) is 1.82. The number of phenolic OH excluding ortho intramolecular Hbond substituents is 1. The quantitative estimate of drug-likeness (QED) is 0.691. The van der Waals surface area contributed by atoms with Gasteiger partial charge in [0, 0.05) is 5.56 Å². The van der Waals surface area contributed by atoms with Crippen molar-refractivity contribution < 1.29 is 23.0 Å². The Kier molecular flexibility index (Phi) is 3.74. The zero-order valence-corrected chi connectivity index (χ0v) is 15.9. The normalized spacial score (nSPS) is 26.5. The zero-order valence-electron chi connectivity index (χ0n) is 15.9. The Labute approximate surface area is 164 Å². The standard InChI is InChI=1S/C20H19F3N4O2/c1-10-3-12(20(21,22)23)4-16(28)17(10)13-7-24-14-8-27(26-18(14)25-13)15-9-29-19(2)5-11(15)6-19/h3-4,7-8,11,15,28H,5-6,9H2,1-2H3/t11?,15-,19?/m0/s1. The molecule has 9 heteroatoms. The van der Waals surface area contributed by atoms with E-state index in [0.29, 0.717) is 29.8 Å². The van der Waals surface area contributed by atoms with E-state index in [1.165, 1.54) is 13.1 Å². The van der Waals surface area contributed by atoms with E-state index in [2.05, 4.69) is 22.0 Å². The molecule has 3 aromatic rings. The summed E-state index contributed by atoms with van der Waals surface area (Å²) in [5.74, 6) is 0.0172. The molecule has 1 N–H and O–H groups in total. The minimum absolute atomic E-state index is 0.00492. The van der Waals surface area contributed by atoms with E-state index in [-0.39, 0.29) is 28.5 Å². The number of aromatic nitrogens is 4. The molecule has 2 saturated heterocycles. The van der Waals surface area contributed by atoms with Gasteiger partial charge in [0.05, 0.1) is 41.9 Å². The summed E-state index contributed by atoms with van der Waals surface area (Å²) < 4.78 is 46.7. The van der Waals surface area contributed by atoms with Crippen LogP contribution in [0.5, 0.6) is 5.75 Å². The summed E-state index contributed by atoms with van der Waals surface area (Å²) in [7, 11) is 0. The monoisotopic (exact) mass is 404 g/mol. The highest BCUT2D eigenvalue weighted by Gasteiger charge is 2.50. The van der Waals surface area contributed by atoms with E-state index in [0.717, 1.165) is 18.9 Å². The molecular weight excluding hydrogens is 385 g/mol. The fraction of sp³-hybridized carbons (Fsp3) is 0.450. The second-order valence-electron chi connectivity index (χ2n) is 8.25. The Hall–Kier alpha value is -2.68. The average Bonchev–Trinajstić information content (AvgIpc) is 3.03. The van der Waals surface area contributed by atoms with Crippen molar-refractivity contribution in [3.8, 4) is 17.0 Å². The third kappa shape index (κ3) is 2.95. The van der Waals surface area contributed by atoms with Crippen LogP contribution in [-0.4, -0.2) is 37.1 Å². The van der Waals surface area contributed by atoms with Gasteiger partial charge in [0.1, 0.15) is 11.3 Å². The topological polar surface area (TPSA) is 73.1 Å². The summed E-state index contributed by atoms with van der Waals surface area (Å²) in [4.78, 5) is 8.81. The third-order valence-electron chi connectivity index (χ3n) is 6.02. The Morgan fingerprint density at radius 2 is 2.03 bits per heavy atom. The first kappa shape index (κ1) is 18.4. The van der Waals surface area contributed by atoms with Crippen molar-refractivity contribution in [3.05, 3.63) is 35.7 Å². The fourth-order valence-electron chi connectivity index (χ4n) is 4.53. The zero-order chi connectivity index (χ0) is 20.6. The highest BCUT2D eigenvalue weighted by atomic mass is 19.4. The number of halogens is 3. The Morgan fingerprint density at radius 1 is 1.28 bits per heavy atom. The van der Waals surface area contributed by atoms with Crippen molar-refractivity contribution in [2.24, 2.45) is 5.92 Å². The lowest BCUT2D eigenvalue weighted by molar-refractivity contribution is -0.192. The summed E-state index contributed by atoms with van der Waals surface area (Å²) in [6.45, 7) is 4.20. The van der Waals surface area contributed by atoms with Crippen LogP contribution < -0.4 is 0 Å². The second kappa shape index (κ2) is 5.91. The van der Waals surface area contributed by atoms with E-state index in [9.17, 15) is 18.3 Å². The highest BCUT2D eigenvalue weighted by molar-refractivity contribution is 5.77. The van der Waals surface area contributed by atoms with Crippen LogP contribution in [0.15, 0.2) is 24.5 Å². The minimum atomic E-state index is -4.53. The summed E-state index contributed by atoms with van der Waals surface area (Å²) >= 11 is 0. The lowest BCUT2D eigenvalue weighted by Crippen LogP contribution is -2.53. The van der Waals surface area contributed by atoms with Crippen molar-refractivity contribution >= 4 is 11.2 Å². The minimum Gasteiger partial charge on any atom is -0.507 e. The van der Waals surface area contributed by atoms with Gasteiger partial charge in [0.15, 0.2) is 5.65 Å². The van der Waals surface area contributed by atoms with Gasteiger partial charge < -0.3 is 9.84 Å². The first-order chi connectivity index (χ1) is 13.6. The Morgan fingerprint density at radius 3 is 2.66 bits per heavy atom. The molecular formula is C20H19F3N4O2.